The zero-order valence-electron chi connectivity index (χ0n) is 12.4. The standard InChI is InChI=1S/C15H28N2O2/c1-3-5-12-6-4-8-17(9-7-12)15(18)13-10-19-11-14(13)16-2/h12-14,16H,3-11H2,1-2H3. The smallest absolute Gasteiger partial charge is 0.229 e. The van der Waals surface area contributed by atoms with E-state index in [1.807, 2.05) is 7.05 Å². The van der Waals surface area contributed by atoms with Crippen LogP contribution in [0.2, 0.25) is 0 Å². The van der Waals surface area contributed by atoms with E-state index in [9.17, 15) is 4.79 Å². The number of carbonyl (C=O) groups is 1. The number of likely N-dealkylation sites (tertiary alicyclic amines) is 1. The first-order chi connectivity index (χ1) is 9.26. The third-order valence-corrected chi connectivity index (χ3v) is 4.62. The van der Waals surface area contributed by atoms with Crippen molar-refractivity contribution in [3.8, 4) is 0 Å². The second kappa shape index (κ2) is 7.25. The van der Waals surface area contributed by atoms with Gasteiger partial charge in [-0.2, -0.15) is 0 Å². The highest BCUT2D eigenvalue weighted by molar-refractivity contribution is 5.80. The second-order valence-electron chi connectivity index (χ2n) is 5.95. The third kappa shape index (κ3) is 3.69. The number of nitrogens with one attached hydrogen (secondary N) is 1. The quantitative estimate of drug-likeness (QED) is 0.843. The number of rotatable bonds is 4. The largest absolute Gasteiger partial charge is 0.379 e. The zero-order valence-corrected chi connectivity index (χ0v) is 12.4. The van der Waals surface area contributed by atoms with Crippen LogP contribution >= 0.6 is 0 Å². The predicted molar refractivity (Wildman–Crippen MR) is 76.0 cm³/mol. The van der Waals surface area contributed by atoms with Crippen molar-refractivity contribution >= 4 is 5.91 Å². The lowest BCUT2D eigenvalue weighted by atomic mass is 9.96. The number of nitrogens with zero attached hydrogens (tertiary/aromatic N) is 1. The minimum atomic E-state index is 0.0210. The number of hydrogen-bond acceptors (Lipinski definition) is 3. The molecule has 4 heteroatoms. The summed E-state index contributed by atoms with van der Waals surface area (Å²) < 4.78 is 5.45. The van der Waals surface area contributed by atoms with Gasteiger partial charge in [0.25, 0.3) is 0 Å². The van der Waals surface area contributed by atoms with Gasteiger partial charge < -0.3 is 15.0 Å². The molecule has 0 aromatic rings. The normalized spacial score (nSPS) is 32.3. The maximum atomic E-state index is 12.6. The number of carbonyl (C=O) groups excluding carboxylic acids is 1. The van der Waals surface area contributed by atoms with Crippen molar-refractivity contribution in [3.05, 3.63) is 0 Å². The van der Waals surface area contributed by atoms with Gasteiger partial charge >= 0.3 is 0 Å². The van der Waals surface area contributed by atoms with Gasteiger partial charge in [0, 0.05) is 19.1 Å². The molecule has 1 amide bonds. The summed E-state index contributed by atoms with van der Waals surface area (Å²) in [4.78, 5) is 14.7. The fourth-order valence-corrected chi connectivity index (χ4v) is 3.40. The Morgan fingerprint density at radius 1 is 1.32 bits per heavy atom. The second-order valence-corrected chi connectivity index (χ2v) is 5.95. The van der Waals surface area contributed by atoms with Crippen LogP contribution in [0.4, 0.5) is 0 Å². The Balaban J connectivity index is 1.88. The van der Waals surface area contributed by atoms with E-state index in [0.717, 1.165) is 25.4 Å². The van der Waals surface area contributed by atoms with E-state index in [-0.39, 0.29) is 12.0 Å². The molecule has 2 rings (SSSR count). The van der Waals surface area contributed by atoms with Gasteiger partial charge in [-0.25, -0.2) is 0 Å². The summed E-state index contributed by atoms with van der Waals surface area (Å²) >= 11 is 0. The molecular formula is C15H28N2O2. The minimum absolute atomic E-state index is 0.0210. The average molecular weight is 268 g/mol. The van der Waals surface area contributed by atoms with E-state index in [0.29, 0.717) is 19.1 Å². The van der Waals surface area contributed by atoms with Gasteiger partial charge in [0.15, 0.2) is 0 Å². The topological polar surface area (TPSA) is 41.6 Å². The Morgan fingerprint density at radius 3 is 2.89 bits per heavy atom. The molecule has 0 bridgehead atoms. The van der Waals surface area contributed by atoms with Crippen molar-refractivity contribution in [1.82, 2.24) is 10.2 Å². The van der Waals surface area contributed by atoms with Gasteiger partial charge in [0.05, 0.1) is 19.1 Å². The summed E-state index contributed by atoms with van der Waals surface area (Å²) in [5.74, 6) is 1.14. The van der Waals surface area contributed by atoms with Crippen molar-refractivity contribution in [1.29, 1.82) is 0 Å². The van der Waals surface area contributed by atoms with E-state index >= 15 is 0 Å². The predicted octanol–water partition coefficient (Wildman–Crippen LogP) is 1.65. The van der Waals surface area contributed by atoms with Gasteiger partial charge in [-0.1, -0.05) is 19.8 Å². The lowest BCUT2D eigenvalue weighted by Crippen LogP contribution is -2.45. The molecule has 2 heterocycles. The van der Waals surface area contributed by atoms with E-state index in [2.05, 4.69) is 17.1 Å². The van der Waals surface area contributed by atoms with Crippen molar-refractivity contribution in [2.75, 3.05) is 33.4 Å². The van der Waals surface area contributed by atoms with Gasteiger partial charge in [0.1, 0.15) is 0 Å². The Morgan fingerprint density at radius 2 is 2.16 bits per heavy atom. The lowest BCUT2D eigenvalue weighted by molar-refractivity contribution is -0.136. The summed E-state index contributed by atoms with van der Waals surface area (Å²) in [5.41, 5.74) is 0. The van der Waals surface area contributed by atoms with Crippen LogP contribution in [0.1, 0.15) is 39.0 Å². The van der Waals surface area contributed by atoms with Gasteiger partial charge in [-0.15, -0.1) is 0 Å². The Hall–Kier alpha value is -0.610. The molecule has 0 aromatic carbocycles. The summed E-state index contributed by atoms with van der Waals surface area (Å²) in [5, 5.41) is 3.21. The summed E-state index contributed by atoms with van der Waals surface area (Å²) in [6.45, 7) is 5.38. The molecule has 0 aliphatic carbocycles. The molecule has 0 saturated carbocycles. The van der Waals surface area contributed by atoms with E-state index in [1.165, 1.54) is 25.7 Å². The molecule has 3 atom stereocenters. The average Bonchev–Trinajstić information content (AvgIpc) is 2.78. The van der Waals surface area contributed by atoms with Crippen molar-refractivity contribution < 1.29 is 9.53 Å². The Kier molecular flexibility index (Phi) is 5.64. The van der Waals surface area contributed by atoms with Crippen LogP contribution < -0.4 is 5.32 Å². The molecular weight excluding hydrogens is 240 g/mol. The number of ether oxygens (including phenoxy) is 1. The molecule has 2 aliphatic rings. The van der Waals surface area contributed by atoms with E-state index in [4.69, 9.17) is 4.74 Å². The molecule has 1 N–H and O–H groups in total. The molecule has 0 radical (unpaired) electrons. The third-order valence-electron chi connectivity index (χ3n) is 4.62. The Labute approximate surface area is 116 Å². The molecule has 110 valence electrons. The van der Waals surface area contributed by atoms with Crippen LogP contribution in [0, 0.1) is 11.8 Å². The van der Waals surface area contributed by atoms with Crippen LogP contribution in [0.5, 0.6) is 0 Å². The number of amides is 1. The summed E-state index contributed by atoms with van der Waals surface area (Å²) in [7, 11) is 1.92. The van der Waals surface area contributed by atoms with E-state index in [1.54, 1.807) is 0 Å². The fraction of sp³-hybridized carbons (Fsp3) is 0.933. The van der Waals surface area contributed by atoms with E-state index < -0.39 is 0 Å². The molecule has 2 saturated heterocycles. The Bertz CT molecular complexity index is 296. The molecule has 19 heavy (non-hydrogen) atoms. The maximum absolute atomic E-state index is 12.6. The monoisotopic (exact) mass is 268 g/mol. The molecule has 3 unspecified atom stereocenters. The van der Waals surface area contributed by atoms with Gasteiger partial charge in [0.2, 0.25) is 5.91 Å². The fourth-order valence-electron chi connectivity index (χ4n) is 3.40. The summed E-state index contributed by atoms with van der Waals surface area (Å²) in [6.07, 6.45) is 6.20. The van der Waals surface area contributed by atoms with Crippen LogP contribution in [-0.2, 0) is 9.53 Å². The molecule has 0 aromatic heterocycles. The molecule has 4 nitrogen and oxygen atoms in total. The number of likely N-dealkylation sites (N-methyl/N-ethyl adjacent to an activating group) is 1. The van der Waals surface area contributed by atoms with Gasteiger partial charge in [-0.05, 0) is 32.2 Å². The minimum Gasteiger partial charge on any atom is -0.379 e. The van der Waals surface area contributed by atoms with Gasteiger partial charge in [-0.3, -0.25) is 4.79 Å². The zero-order chi connectivity index (χ0) is 13.7. The SMILES string of the molecule is CCCC1CCCN(C(=O)C2COCC2NC)CC1. The van der Waals surface area contributed by atoms with Crippen molar-refractivity contribution in [2.45, 2.75) is 45.1 Å². The summed E-state index contributed by atoms with van der Waals surface area (Å²) in [6, 6.07) is 0.196. The molecule has 2 fully saturated rings. The highest BCUT2D eigenvalue weighted by atomic mass is 16.5. The highest BCUT2D eigenvalue weighted by Crippen LogP contribution is 2.24. The number of hydrogen-bond donors (Lipinski definition) is 1. The van der Waals surface area contributed by atoms with Crippen molar-refractivity contribution in [2.24, 2.45) is 11.8 Å². The first kappa shape index (κ1) is 14.8. The van der Waals surface area contributed by atoms with Crippen LogP contribution in [-0.4, -0.2) is 50.2 Å². The first-order valence-corrected chi connectivity index (χ1v) is 7.80. The highest BCUT2D eigenvalue weighted by Gasteiger charge is 2.36. The van der Waals surface area contributed by atoms with Crippen molar-refractivity contribution in [3.63, 3.8) is 0 Å². The van der Waals surface area contributed by atoms with Crippen LogP contribution in [0.3, 0.4) is 0 Å². The molecule has 0 spiro atoms. The van der Waals surface area contributed by atoms with Crippen LogP contribution in [0.15, 0.2) is 0 Å². The maximum Gasteiger partial charge on any atom is 0.229 e. The molecule has 2 aliphatic heterocycles. The van der Waals surface area contributed by atoms with Crippen LogP contribution in [0.25, 0.3) is 0 Å². The lowest BCUT2D eigenvalue weighted by Gasteiger charge is -2.26. The first-order valence-electron chi connectivity index (χ1n) is 7.80.